The Labute approximate surface area is 220 Å². The topological polar surface area (TPSA) is 86.8 Å². The standard InChI is InChI=1S/C22H25Cl4N3O4S/c1-4-19(22(31)27-5-2)28(12-14-6-8-16(24)18(26)10-14)21(30)13-29(34(3,32)33)20-11-15(23)7-9-17(20)25/h6-11,19H,4-5,12-13H2,1-3H3,(H,27,31). The smallest absolute Gasteiger partial charge is 0.244 e. The number of hydrogen-bond acceptors (Lipinski definition) is 4. The minimum atomic E-state index is -3.93. The van der Waals surface area contributed by atoms with Gasteiger partial charge in [-0.1, -0.05) is 59.4 Å². The van der Waals surface area contributed by atoms with Gasteiger partial charge in [0.15, 0.2) is 0 Å². The zero-order valence-electron chi connectivity index (χ0n) is 18.8. The van der Waals surface area contributed by atoms with E-state index in [2.05, 4.69) is 5.32 Å². The second-order valence-electron chi connectivity index (χ2n) is 7.45. The fraction of sp³-hybridized carbons (Fsp3) is 0.364. The van der Waals surface area contributed by atoms with Crippen LogP contribution in [0.3, 0.4) is 0 Å². The Morgan fingerprint density at radius 1 is 0.971 bits per heavy atom. The van der Waals surface area contributed by atoms with E-state index in [9.17, 15) is 18.0 Å². The number of likely N-dealkylation sites (N-methyl/N-ethyl adjacent to an activating group) is 1. The van der Waals surface area contributed by atoms with Crippen LogP contribution in [0.25, 0.3) is 0 Å². The van der Waals surface area contributed by atoms with Crippen molar-refractivity contribution in [2.24, 2.45) is 0 Å². The molecule has 1 unspecified atom stereocenters. The summed E-state index contributed by atoms with van der Waals surface area (Å²) in [6.45, 7) is 3.32. The molecule has 0 aliphatic rings. The van der Waals surface area contributed by atoms with Gasteiger partial charge in [-0.3, -0.25) is 13.9 Å². The number of nitrogens with zero attached hydrogens (tertiary/aromatic N) is 2. The first-order valence-electron chi connectivity index (χ1n) is 10.3. The molecule has 0 aromatic heterocycles. The molecule has 7 nitrogen and oxygen atoms in total. The highest BCUT2D eigenvalue weighted by Crippen LogP contribution is 2.31. The van der Waals surface area contributed by atoms with Gasteiger partial charge in [-0.05, 0) is 49.2 Å². The number of hydrogen-bond donors (Lipinski definition) is 1. The number of amides is 2. The highest BCUT2D eigenvalue weighted by molar-refractivity contribution is 7.92. The third-order valence-corrected chi connectivity index (χ3v) is 7.35. The molecule has 2 amide bonds. The third kappa shape index (κ3) is 7.39. The van der Waals surface area contributed by atoms with Crippen molar-refractivity contribution in [3.8, 4) is 0 Å². The zero-order chi connectivity index (χ0) is 25.6. The molecule has 1 atom stereocenters. The van der Waals surface area contributed by atoms with Crippen molar-refractivity contribution < 1.29 is 18.0 Å². The lowest BCUT2D eigenvalue weighted by Gasteiger charge is -2.33. The van der Waals surface area contributed by atoms with Gasteiger partial charge in [-0.15, -0.1) is 0 Å². The number of sulfonamides is 1. The van der Waals surface area contributed by atoms with Crippen LogP contribution in [0.2, 0.25) is 20.1 Å². The monoisotopic (exact) mass is 567 g/mol. The molecule has 0 saturated carbocycles. The Bertz CT molecular complexity index is 1160. The fourth-order valence-corrected chi connectivity index (χ4v) is 4.93. The van der Waals surface area contributed by atoms with Gasteiger partial charge >= 0.3 is 0 Å². The molecule has 0 spiro atoms. The molecule has 0 fully saturated rings. The predicted octanol–water partition coefficient (Wildman–Crippen LogP) is 5.01. The van der Waals surface area contributed by atoms with Crippen LogP contribution in [0.5, 0.6) is 0 Å². The summed E-state index contributed by atoms with van der Waals surface area (Å²) in [6, 6.07) is 8.33. The molecule has 0 bridgehead atoms. The van der Waals surface area contributed by atoms with Crippen LogP contribution < -0.4 is 9.62 Å². The Balaban J connectivity index is 2.50. The SMILES string of the molecule is CCNC(=O)C(CC)N(Cc1ccc(Cl)c(Cl)c1)C(=O)CN(c1cc(Cl)ccc1Cl)S(C)(=O)=O. The van der Waals surface area contributed by atoms with E-state index in [0.717, 1.165) is 10.6 Å². The van der Waals surface area contributed by atoms with Gasteiger partial charge in [-0.25, -0.2) is 8.42 Å². The Morgan fingerprint density at radius 3 is 2.18 bits per heavy atom. The molecule has 0 radical (unpaired) electrons. The average Bonchev–Trinajstić information content (AvgIpc) is 2.75. The summed E-state index contributed by atoms with van der Waals surface area (Å²) in [5.74, 6) is -0.962. The first-order chi connectivity index (χ1) is 15.9. The highest BCUT2D eigenvalue weighted by Gasteiger charge is 2.32. The van der Waals surface area contributed by atoms with Crippen LogP contribution in [0.4, 0.5) is 5.69 Å². The first kappa shape index (κ1) is 28.5. The lowest BCUT2D eigenvalue weighted by Crippen LogP contribution is -2.52. The van der Waals surface area contributed by atoms with Crippen molar-refractivity contribution >= 4 is 73.9 Å². The summed E-state index contributed by atoms with van der Waals surface area (Å²) in [4.78, 5) is 27.6. The van der Waals surface area contributed by atoms with Gasteiger partial charge in [0.05, 0.1) is 27.0 Å². The number of nitrogens with one attached hydrogen (secondary N) is 1. The molecule has 0 heterocycles. The summed E-state index contributed by atoms with van der Waals surface area (Å²) >= 11 is 24.4. The second-order valence-corrected chi connectivity index (χ2v) is 11.0. The van der Waals surface area contributed by atoms with Crippen molar-refractivity contribution in [2.75, 3.05) is 23.7 Å². The van der Waals surface area contributed by atoms with Crippen molar-refractivity contribution in [3.63, 3.8) is 0 Å². The van der Waals surface area contributed by atoms with Crippen LogP contribution in [0.15, 0.2) is 36.4 Å². The molecular weight excluding hydrogens is 544 g/mol. The predicted molar refractivity (Wildman–Crippen MR) is 138 cm³/mol. The molecule has 0 aliphatic carbocycles. The van der Waals surface area contributed by atoms with Gasteiger partial charge < -0.3 is 10.2 Å². The second kappa shape index (κ2) is 12.3. The van der Waals surface area contributed by atoms with E-state index in [4.69, 9.17) is 46.4 Å². The molecule has 2 rings (SSSR count). The summed E-state index contributed by atoms with van der Waals surface area (Å²) < 4.78 is 26.1. The van der Waals surface area contributed by atoms with Crippen LogP contribution in [0, 0.1) is 0 Å². The molecule has 0 aliphatic heterocycles. The van der Waals surface area contributed by atoms with E-state index in [1.807, 2.05) is 0 Å². The van der Waals surface area contributed by atoms with Crippen LogP contribution in [-0.2, 0) is 26.2 Å². The Kier molecular flexibility index (Phi) is 10.3. The first-order valence-corrected chi connectivity index (χ1v) is 13.7. The maximum absolute atomic E-state index is 13.5. The largest absolute Gasteiger partial charge is 0.355 e. The molecule has 12 heteroatoms. The normalized spacial score (nSPS) is 12.2. The number of rotatable bonds is 10. The summed E-state index contributed by atoms with van der Waals surface area (Å²) in [7, 11) is -3.93. The Hall–Kier alpha value is -1.71. The summed E-state index contributed by atoms with van der Waals surface area (Å²) in [5.41, 5.74) is 0.683. The molecular formula is C22H25Cl4N3O4S. The van der Waals surface area contributed by atoms with Gasteiger partial charge in [0.25, 0.3) is 0 Å². The molecule has 186 valence electrons. The van der Waals surface area contributed by atoms with E-state index in [1.165, 1.54) is 23.1 Å². The molecule has 34 heavy (non-hydrogen) atoms. The zero-order valence-corrected chi connectivity index (χ0v) is 22.7. The maximum Gasteiger partial charge on any atom is 0.244 e. The van der Waals surface area contributed by atoms with E-state index >= 15 is 0 Å². The molecule has 1 N–H and O–H groups in total. The van der Waals surface area contributed by atoms with Crippen LogP contribution in [0.1, 0.15) is 25.8 Å². The number of carbonyl (C=O) groups is 2. The lowest BCUT2D eigenvalue weighted by atomic mass is 10.1. The van der Waals surface area contributed by atoms with Gasteiger partial charge in [0.2, 0.25) is 21.8 Å². The summed E-state index contributed by atoms with van der Waals surface area (Å²) in [5, 5.41) is 3.72. The molecule has 2 aromatic carbocycles. The lowest BCUT2D eigenvalue weighted by molar-refractivity contribution is -0.140. The highest BCUT2D eigenvalue weighted by atomic mass is 35.5. The van der Waals surface area contributed by atoms with Crippen molar-refractivity contribution in [1.29, 1.82) is 0 Å². The number of halogens is 4. The summed E-state index contributed by atoms with van der Waals surface area (Å²) in [6.07, 6.45) is 1.26. The number of carbonyl (C=O) groups excluding carboxylic acids is 2. The Morgan fingerprint density at radius 2 is 1.62 bits per heavy atom. The van der Waals surface area contributed by atoms with E-state index < -0.39 is 28.5 Å². The average molecular weight is 569 g/mol. The number of benzene rings is 2. The number of anilines is 1. The van der Waals surface area contributed by atoms with Crippen LogP contribution in [-0.4, -0.2) is 50.5 Å². The van der Waals surface area contributed by atoms with Crippen molar-refractivity contribution in [1.82, 2.24) is 10.2 Å². The van der Waals surface area contributed by atoms with E-state index in [-0.39, 0.29) is 28.2 Å². The van der Waals surface area contributed by atoms with E-state index in [0.29, 0.717) is 28.6 Å². The maximum atomic E-state index is 13.5. The van der Waals surface area contributed by atoms with E-state index in [1.54, 1.807) is 32.0 Å². The van der Waals surface area contributed by atoms with Crippen molar-refractivity contribution in [2.45, 2.75) is 32.9 Å². The van der Waals surface area contributed by atoms with Gasteiger partial charge in [0.1, 0.15) is 12.6 Å². The fourth-order valence-electron chi connectivity index (χ4n) is 3.32. The molecule has 2 aromatic rings. The van der Waals surface area contributed by atoms with Crippen molar-refractivity contribution in [3.05, 3.63) is 62.1 Å². The minimum absolute atomic E-state index is 0.00619. The van der Waals surface area contributed by atoms with Crippen LogP contribution >= 0.6 is 46.4 Å². The molecule has 0 saturated heterocycles. The van der Waals surface area contributed by atoms with Gasteiger partial charge in [-0.2, -0.15) is 0 Å². The quantitative estimate of drug-likeness (QED) is 0.436. The minimum Gasteiger partial charge on any atom is -0.355 e. The van der Waals surface area contributed by atoms with Gasteiger partial charge in [0, 0.05) is 18.1 Å². The third-order valence-electron chi connectivity index (χ3n) is 4.93.